The van der Waals surface area contributed by atoms with Gasteiger partial charge in [0.05, 0.1) is 36.6 Å². The molecule has 12 unspecified atom stereocenters. The lowest BCUT2D eigenvalue weighted by Crippen LogP contribution is -2.47. The Morgan fingerprint density at radius 2 is 0.839 bits per heavy atom. The van der Waals surface area contributed by atoms with Gasteiger partial charge in [-0.05, 0) is 27.7 Å². The average Bonchev–Trinajstić information content (AvgIpc) is 3.22. The van der Waals surface area contributed by atoms with Crippen molar-refractivity contribution in [2.45, 2.75) is 114 Å². The monoisotopic (exact) mass is 926 g/mol. The molecule has 12 N–H and O–H groups in total. The predicted molar refractivity (Wildman–Crippen MR) is 180 cm³/mol. The first kappa shape index (κ1) is 74.4. The number of rotatable bonds is 20. The van der Waals surface area contributed by atoms with Crippen LogP contribution in [0, 0.1) is 0 Å². The number of ketones is 4. The van der Waals surface area contributed by atoms with E-state index in [0.717, 1.165) is 0 Å². The number of halogens is 4. The van der Waals surface area contributed by atoms with Gasteiger partial charge in [0.1, 0.15) is 54.8 Å². The highest BCUT2D eigenvalue weighted by Gasteiger charge is 2.32. The molecule has 12 atom stereocenters. The maximum Gasteiger partial charge on any atom is 0.373 e. The molecule has 0 bridgehead atoms. The van der Waals surface area contributed by atoms with Crippen LogP contribution in [-0.4, -0.2) is 221 Å². The molecule has 0 aromatic carbocycles. The maximum absolute atomic E-state index is 11.7. The molecule has 0 amide bonds. The third-order valence-corrected chi connectivity index (χ3v) is 5.73. The Kier molecular flexibility index (Phi) is 58.4. The van der Waals surface area contributed by atoms with Crippen LogP contribution >= 0.6 is 0 Å². The summed E-state index contributed by atoms with van der Waals surface area (Å²) in [6, 6.07) is 0. The van der Waals surface area contributed by atoms with E-state index in [4.69, 9.17) is 80.5 Å². The number of carbonyl (C=O) groups excluding carboxylic acids is 12. The van der Waals surface area contributed by atoms with Gasteiger partial charge in [0, 0.05) is 12.8 Å². The average molecular weight is 927 g/mol. The normalized spacial score (nSPS) is 15.2. The van der Waals surface area contributed by atoms with Crippen LogP contribution in [0.1, 0.15) is 40.5 Å². The summed E-state index contributed by atoms with van der Waals surface area (Å²) in [5.41, 5.74) is 0. The van der Waals surface area contributed by atoms with E-state index in [1.54, 1.807) is 0 Å². The van der Waals surface area contributed by atoms with Crippen LogP contribution in [0.2, 0.25) is 0 Å². The summed E-state index contributed by atoms with van der Waals surface area (Å²) in [4.78, 5) is 110. The largest absolute Gasteiger partial charge is 0.542 e. The number of aliphatic hydroxyl groups is 12. The highest BCUT2D eigenvalue weighted by molar-refractivity contribution is 6.32. The molecular weight excluding hydrogens is 876 g/mol. The molecule has 0 aromatic heterocycles. The number of aldehydes is 2. The number of hydrogen-bond donors (Lipinski definition) is 12. The number of carboxylic acids is 2. The van der Waals surface area contributed by atoms with Crippen molar-refractivity contribution in [3.8, 4) is 0 Å². The van der Waals surface area contributed by atoms with Crippen molar-refractivity contribution in [1.82, 2.24) is 0 Å². The fourth-order valence-corrected chi connectivity index (χ4v) is 2.16. The standard InChI is InChI=1S/C7H13FO5.C7H13FO4.C5H10O4.C5H10O3.2C3H3FO3.2CO2/c1-3(9)5(11)7(13)6(12)4(10)2-8;1-4(9)5(10)2-6(11)7(12)3-8;1-3(7)5(9)4(8)2-6;1-4(7)5(8)2-3-6;2*4-1-2(5)3(6)7;2*2-1-3/h3,5-7,9,11-13H,2H2,1H3;4-6,9-11H,2-3H2,1H3;2-5,7-9H,1H3;3-5,7-8H,2H2,1H3;2*1H2,(H,6,7);;/p-2. The number of carboxylic acid groups (broad SMARTS) is 2. The second-order valence-corrected chi connectivity index (χ2v) is 10.8. The minimum atomic E-state index is -2.00. The Balaban J connectivity index is -0.0000000928. The number of hydrogen-bond acceptors (Lipinski definition) is 26. The van der Waals surface area contributed by atoms with Gasteiger partial charge in [0.25, 0.3) is 0 Å². The minimum Gasteiger partial charge on any atom is -0.542 e. The highest BCUT2D eigenvalue weighted by Crippen LogP contribution is 2.06. The van der Waals surface area contributed by atoms with E-state index in [1.807, 2.05) is 0 Å². The van der Waals surface area contributed by atoms with Gasteiger partial charge in [-0.25, -0.2) is 17.6 Å². The van der Waals surface area contributed by atoms with Gasteiger partial charge < -0.3 is 90.7 Å². The lowest BCUT2D eigenvalue weighted by molar-refractivity contribution is -0.301. The molecule has 26 nitrogen and oxygen atoms in total. The van der Waals surface area contributed by atoms with Crippen molar-refractivity contribution in [3.63, 3.8) is 0 Å². The van der Waals surface area contributed by atoms with Crippen LogP contribution < -0.4 is 10.2 Å². The van der Waals surface area contributed by atoms with Gasteiger partial charge in [-0.15, -0.1) is 0 Å². The minimum absolute atomic E-state index is 0.0116. The van der Waals surface area contributed by atoms with Crippen molar-refractivity contribution >= 4 is 59.9 Å². The molecule has 0 aromatic rings. The van der Waals surface area contributed by atoms with Crippen molar-refractivity contribution in [2.24, 2.45) is 0 Å². The summed E-state index contributed by atoms with van der Waals surface area (Å²) in [6.45, 7) is -0.438. The third kappa shape index (κ3) is 51.1. The first-order valence-electron chi connectivity index (χ1n) is 16.2. The quantitative estimate of drug-likeness (QED) is 0.0306. The van der Waals surface area contributed by atoms with Gasteiger partial charge in [-0.2, -0.15) is 19.2 Å². The van der Waals surface area contributed by atoms with E-state index in [-0.39, 0.29) is 31.4 Å². The second kappa shape index (κ2) is 48.6. The van der Waals surface area contributed by atoms with Crippen molar-refractivity contribution < 1.29 is 147 Å². The van der Waals surface area contributed by atoms with E-state index in [2.05, 4.69) is 0 Å². The summed E-state index contributed by atoms with van der Waals surface area (Å²) < 4.78 is 45.1. The molecule has 62 heavy (non-hydrogen) atoms. The first-order valence-corrected chi connectivity index (χ1v) is 16.2. The molecule has 0 aliphatic carbocycles. The summed E-state index contributed by atoms with van der Waals surface area (Å²) >= 11 is 0. The predicted octanol–water partition coefficient (Wildman–Crippen LogP) is -10.0. The Labute approximate surface area is 347 Å². The molecule has 364 valence electrons. The van der Waals surface area contributed by atoms with Gasteiger partial charge in [0.15, 0.2) is 44.6 Å². The topological polar surface area (TPSA) is 494 Å². The van der Waals surface area contributed by atoms with Crippen molar-refractivity contribution in [3.05, 3.63) is 0 Å². The zero-order valence-corrected chi connectivity index (χ0v) is 32.9. The summed E-state index contributed by atoms with van der Waals surface area (Å²) in [7, 11) is 0. The van der Waals surface area contributed by atoms with E-state index in [1.165, 1.54) is 27.7 Å². The fraction of sp³-hybridized carbons (Fsp3) is 0.688. The SMILES string of the molecule is CC(O)C(O)C(O)C(O)C(=O)CF.CC(O)C(O)C(O)C=O.CC(O)C(O)CC(O)C(=O)CF.CC(O)C(O)CC=O.O=C([O-])C(=O)CF.O=C([O-])C(=O)CF.O=C=O.O=C=O. The zero-order chi connectivity index (χ0) is 51.5. The Bertz CT molecular complexity index is 1250. The smallest absolute Gasteiger partial charge is 0.373 e. The second-order valence-electron chi connectivity index (χ2n) is 10.8. The van der Waals surface area contributed by atoms with Crippen LogP contribution in [0.15, 0.2) is 0 Å². The number of Topliss-reactive ketones (excluding diaryl/α,β-unsaturated/α-hetero) is 4. The molecule has 0 radical (unpaired) electrons. The number of alkyl halides is 4. The van der Waals surface area contributed by atoms with Crippen LogP contribution in [0.25, 0.3) is 0 Å². The third-order valence-electron chi connectivity index (χ3n) is 5.73. The van der Waals surface area contributed by atoms with E-state index in [0.29, 0.717) is 6.29 Å². The maximum atomic E-state index is 11.7. The van der Waals surface area contributed by atoms with E-state index in [9.17, 15) is 66.1 Å². The number of aliphatic hydroxyl groups excluding tert-OH is 12. The first-order chi connectivity index (χ1) is 28.4. The van der Waals surface area contributed by atoms with Crippen LogP contribution in [-0.2, 0) is 57.5 Å². The van der Waals surface area contributed by atoms with Gasteiger partial charge in [0.2, 0.25) is 11.6 Å². The Hall–Kier alpha value is -5.04. The lowest BCUT2D eigenvalue weighted by Gasteiger charge is -2.23. The van der Waals surface area contributed by atoms with Gasteiger partial charge in [-0.3, -0.25) is 19.2 Å². The number of aliphatic carboxylic acids is 2. The Morgan fingerprint density at radius 1 is 0.516 bits per heavy atom. The summed E-state index contributed by atoms with van der Waals surface area (Å²) in [5.74, 6) is -9.17. The summed E-state index contributed by atoms with van der Waals surface area (Å²) in [5, 5.41) is 124. The van der Waals surface area contributed by atoms with Crippen molar-refractivity contribution in [2.75, 3.05) is 26.7 Å². The van der Waals surface area contributed by atoms with Crippen LogP contribution in [0.4, 0.5) is 17.6 Å². The number of carbonyl (C=O) groups is 8. The van der Waals surface area contributed by atoms with Gasteiger partial charge in [-0.1, -0.05) is 0 Å². The highest BCUT2D eigenvalue weighted by atomic mass is 19.1. The summed E-state index contributed by atoms with van der Waals surface area (Å²) in [6.07, 6.45) is -15.3. The molecule has 0 saturated carbocycles. The molecule has 0 fully saturated rings. The molecule has 30 heteroatoms. The fourth-order valence-electron chi connectivity index (χ4n) is 2.16. The molecule has 0 saturated heterocycles. The molecule has 0 spiro atoms. The molecule has 0 aliphatic rings. The van der Waals surface area contributed by atoms with Crippen LogP contribution in [0.5, 0.6) is 0 Å². The van der Waals surface area contributed by atoms with Crippen LogP contribution in [0.3, 0.4) is 0 Å². The molecule has 0 rings (SSSR count). The zero-order valence-electron chi connectivity index (χ0n) is 32.9. The molecular formula is C32H50F4O26-2. The Morgan fingerprint density at radius 3 is 1.00 bits per heavy atom. The lowest BCUT2D eigenvalue weighted by atomic mass is 10.0. The molecule has 0 heterocycles. The van der Waals surface area contributed by atoms with Crippen molar-refractivity contribution in [1.29, 1.82) is 0 Å². The van der Waals surface area contributed by atoms with E-state index < -0.39 is 135 Å². The molecule has 0 aliphatic heterocycles. The van der Waals surface area contributed by atoms with Gasteiger partial charge >= 0.3 is 12.3 Å². The van der Waals surface area contributed by atoms with E-state index >= 15 is 0 Å².